The van der Waals surface area contributed by atoms with Crippen LogP contribution in [0.3, 0.4) is 0 Å². The Morgan fingerprint density at radius 1 is 1.17 bits per heavy atom. The first kappa shape index (κ1) is 25.2. The summed E-state index contributed by atoms with van der Waals surface area (Å²) in [5, 5.41) is 1.02. The molecule has 0 amide bonds. The molecular formula is C26H32FN3O4S. The molecule has 188 valence electrons. The standard InChI is InChI=1S/C26H32FN3O4S/c1-18-7-8-21-23(28-18)5-4-6-25(21)34-14-13-30-11-9-19(10-12-30)15-20-16-22(27)26(33-2)24(17-20)29-35(3,31)32/h4-8,16-17,19,29H,9-15H2,1-3H3. The van der Waals surface area contributed by atoms with Crippen LogP contribution >= 0.6 is 0 Å². The summed E-state index contributed by atoms with van der Waals surface area (Å²) in [4.78, 5) is 6.94. The van der Waals surface area contributed by atoms with Gasteiger partial charge in [0.05, 0.1) is 24.6 Å². The molecule has 0 radical (unpaired) electrons. The molecular weight excluding hydrogens is 469 g/mol. The number of benzene rings is 2. The Bertz CT molecular complexity index is 1290. The molecule has 2 aromatic carbocycles. The van der Waals surface area contributed by atoms with Gasteiger partial charge in [-0.25, -0.2) is 12.8 Å². The number of piperidine rings is 1. The van der Waals surface area contributed by atoms with Crippen molar-refractivity contribution in [2.45, 2.75) is 26.2 Å². The zero-order chi connectivity index (χ0) is 25.0. The minimum Gasteiger partial charge on any atom is -0.492 e. The Morgan fingerprint density at radius 2 is 1.94 bits per heavy atom. The van der Waals surface area contributed by atoms with E-state index in [0.29, 0.717) is 18.9 Å². The summed E-state index contributed by atoms with van der Waals surface area (Å²) in [6.45, 7) is 5.30. The monoisotopic (exact) mass is 501 g/mol. The quantitative estimate of drug-likeness (QED) is 0.468. The molecule has 1 aromatic heterocycles. The summed E-state index contributed by atoms with van der Waals surface area (Å²) >= 11 is 0. The van der Waals surface area contributed by atoms with Crippen LogP contribution in [-0.4, -0.2) is 57.9 Å². The number of aromatic nitrogens is 1. The molecule has 9 heteroatoms. The molecule has 0 unspecified atom stereocenters. The first-order valence-electron chi connectivity index (χ1n) is 11.8. The molecule has 0 aliphatic carbocycles. The number of sulfonamides is 1. The molecule has 35 heavy (non-hydrogen) atoms. The van der Waals surface area contributed by atoms with E-state index in [1.54, 1.807) is 6.07 Å². The summed E-state index contributed by atoms with van der Waals surface area (Å²) in [6.07, 6.45) is 3.70. The first-order chi connectivity index (χ1) is 16.7. The number of anilines is 1. The van der Waals surface area contributed by atoms with Crippen molar-refractivity contribution in [3.05, 3.63) is 59.5 Å². The van der Waals surface area contributed by atoms with Gasteiger partial charge in [-0.1, -0.05) is 6.07 Å². The van der Waals surface area contributed by atoms with Crippen LogP contribution < -0.4 is 14.2 Å². The molecule has 1 aliphatic rings. The van der Waals surface area contributed by atoms with Crippen LogP contribution in [0.25, 0.3) is 10.9 Å². The van der Waals surface area contributed by atoms with Crippen LogP contribution in [0.5, 0.6) is 11.5 Å². The third-order valence-electron chi connectivity index (χ3n) is 6.33. The zero-order valence-corrected chi connectivity index (χ0v) is 21.2. The maximum atomic E-state index is 14.5. The Labute approximate surface area is 206 Å². The molecule has 3 aromatic rings. The Hall–Kier alpha value is -2.91. The van der Waals surface area contributed by atoms with Crippen molar-refractivity contribution in [1.29, 1.82) is 0 Å². The van der Waals surface area contributed by atoms with Gasteiger partial charge < -0.3 is 9.47 Å². The molecule has 2 heterocycles. The third kappa shape index (κ3) is 6.61. The molecule has 4 rings (SSSR count). The fourth-order valence-corrected chi connectivity index (χ4v) is 5.19. The van der Waals surface area contributed by atoms with Gasteiger partial charge in [0.1, 0.15) is 12.4 Å². The minimum atomic E-state index is -3.55. The van der Waals surface area contributed by atoms with E-state index in [9.17, 15) is 12.8 Å². The van der Waals surface area contributed by atoms with Gasteiger partial charge >= 0.3 is 0 Å². The van der Waals surface area contributed by atoms with Crippen molar-refractivity contribution in [1.82, 2.24) is 9.88 Å². The highest BCUT2D eigenvalue weighted by Gasteiger charge is 2.22. The number of rotatable bonds is 9. The number of halogens is 1. The summed E-state index contributed by atoms with van der Waals surface area (Å²) < 4.78 is 51.3. The van der Waals surface area contributed by atoms with Crippen LogP contribution in [0.1, 0.15) is 24.1 Å². The number of ether oxygens (including phenoxy) is 2. The van der Waals surface area contributed by atoms with E-state index in [-0.39, 0.29) is 11.4 Å². The van der Waals surface area contributed by atoms with Crippen LogP contribution in [0.15, 0.2) is 42.5 Å². The normalized spacial score (nSPS) is 15.3. The lowest BCUT2D eigenvalue weighted by molar-refractivity contribution is 0.155. The second-order valence-corrected chi connectivity index (χ2v) is 10.9. The lowest BCUT2D eigenvalue weighted by atomic mass is 9.90. The van der Waals surface area contributed by atoms with E-state index in [1.165, 1.54) is 13.2 Å². The molecule has 0 saturated carbocycles. The lowest BCUT2D eigenvalue weighted by Crippen LogP contribution is -2.37. The van der Waals surface area contributed by atoms with Gasteiger partial charge in [0, 0.05) is 17.6 Å². The summed E-state index contributed by atoms with van der Waals surface area (Å²) in [5.41, 5.74) is 2.82. The maximum Gasteiger partial charge on any atom is 0.229 e. The zero-order valence-electron chi connectivity index (χ0n) is 20.4. The number of hydrogen-bond donors (Lipinski definition) is 1. The van der Waals surface area contributed by atoms with Crippen molar-refractivity contribution < 1.29 is 22.3 Å². The van der Waals surface area contributed by atoms with Gasteiger partial charge in [-0.15, -0.1) is 0 Å². The topological polar surface area (TPSA) is 80.8 Å². The predicted molar refractivity (Wildman–Crippen MR) is 136 cm³/mol. The highest BCUT2D eigenvalue weighted by molar-refractivity contribution is 7.92. The number of nitrogens with zero attached hydrogens (tertiary/aromatic N) is 2. The van der Waals surface area contributed by atoms with Crippen LogP contribution in [0, 0.1) is 18.7 Å². The van der Waals surface area contributed by atoms with Crippen LogP contribution in [-0.2, 0) is 16.4 Å². The number of likely N-dealkylation sites (tertiary alicyclic amines) is 1. The second-order valence-electron chi connectivity index (χ2n) is 9.15. The molecule has 0 spiro atoms. The fraction of sp³-hybridized carbons (Fsp3) is 0.423. The molecule has 7 nitrogen and oxygen atoms in total. The van der Waals surface area contributed by atoms with Gasteiger partial charge in [-0.05, 0) is 87.2 Å². The van der Waals surface area contributed by atoms with E-state index in [0.717, 1.165) is 66.6 Å². The Balaban J connectivity index is 1.29. The SMILES string of the molecule is COc1c(F)cc(CC2CCN(CCOc3cccc4nc(C)ccc34)CC2)cc1NS(C)(=O)=O. The molecule has 1 saturated heterocycles. The van der Waals surface area contributed by atoms with Crippen LogP contribution in [0.2, 0.25) is 0 Å². The van der Waals surface area contributed by atoms with Crippen LogP contribution in [0.4, 0.5) is 10.1 Å². The average Bonchev–Trinajstić information content (AvgIpc) is 2.79. The summed E-state index contributed by atoms with van der Waals surface area (Å²) in [5.74, 6) is 0.596. The van der Waals surface area contributed by atoms with Gasteiger partial charge in [0.15, 0.2) is 11.6 Å². The highest BCUT2D eigenvalue weighted by Crippen LogP contribution is 2.32. The van der Waals surface area contributed by atoms with Gasteiger partial charge in [0.2, 0.25) is 10.0 Å². The molecule has 1 fully saturated rings. The summed E-state index contributed by atoms with van der Waals surface area (Å²) in [7, 11) is -2.22. The van der Waals surface area contributed by atoms with E-state index < -0.39 is 15.8 Å². The van der Waals surface area contributed by atoms with Crippen molar-refractivity contribution in [3.8, 4) is 11.5 Å². The van der Waals surface area contributed by atoms with E-state index >= 15 is 0 Å². The van der Waals surface area contributed by atoms with Crippen molar-refractivity contribution in [3.63, 3.8) is 0 Å². The number of fused-ring (bicyclic) bond motifs is 1. The van der Waals surface area contributed by atoms with Crippen molar-refractivity contribution in [2.24, 2.45) is 5.92 Å². The summed E-state index contributed by atoms with van der Waals surface area (Å²) in [6, 6.07) is 13.1. The smallest absolute Gasteiger partial charge is 0.229 e. The third-order valence-corrected chi connectivity index (χ3v) is 6.92. The lowest BCUT2D eigenvalue weighted by Gasteiger charge is -2.32. The Kier molecular flexibility index (Phi) is 7.76. The van der Waals surface area contributed by atoms with Crippen molar-refractivity contribution in [2.75, 3.05) is 44.3 Å². The van der Waals surface area contributed by atoms with Gasteiger partial charge in [0.25, 0.3) is 0 Å². The minimum absolute atomic E-state index is 0.0916. The number of methoxy groups -OCH3 is 1. The largest absolute Gasteiger partial charge is 0.492 e. The van der Waals surface area contributed by atoms with E-state index in [2.05, 4.69) is 20.7 Å². The van der Waals surface area contributed by atoms with E-state index in [4.69, 9.17) is 9.47 Å². The number of hydrogen-bond acceptors (Lipinski definition) is 6. The number of aryl methyl sites for hydroxylation is 1. The van der Waals surface area contributed by atoms with E-state index in [1.807, 2.05) is 31.2 Å². The van der Waals surface area contributed by atoms with Gasteiger partial charge in [-0.3, -0.25) is 14.6 Å². The average molecular weight is 502 g/mol. The predicted octanol–water partition coefficient (Wildman–Crippen LogP) is 4.40. The molecule has 1 N–H and O–H groups in total. The molecule has 1 aliphatic heterocycles. The number of pyridine rings is 1. The molecule has 0 atom stereocenters. The Morgan fingerprint density at radius 3 is 2.66 bits per heavy atom. The first-order valence-corrected chi connectivity index (χ1v) is 13.7. The number of nitrogens with one attached hydrogen (secondary N) is 1. The van der Waals surface area contributed by atoms with Gasteiger partial charge in [-0.2, -0.15) is 0 Å². The second kappa shape index (κ2) is 10.8. The molecule has 0 bridgehead atoms. The fourth-order valence-electron chi connectivity index (χ4n) is 4.64. The maximum absolute atomic E-state index is 14.5. The highest BCUT2D eigenvalue weighted by atomic mass is 32.2. The van der Waals surface area contributed by atoms with Crippen molar-refractivity contribution >= 4 is 26.6 Å².